The van der Waals surface area contributed by atoms with Crippen molar-refractivity contribution in [1.82, 2.24) is 0 Å². The van der Waals surface area contributed by atoms with Crippen molar-refractivity contribution in [3.63, 3.8) is 0 Å². The standard InChI is InChI=1S/C33H37.C23H27O.2ClH.Zr/c1-21-19-28-29(20-21)31(23-13-17-25(18-14-23)33(5,6)7)27-10-8-9-26(27)30(28)22-11-15-24(16-12-22)32(2,3)4;1-14-8-15(2)11-18(10-14)21-19-12-16(3)9-17(19)13-20(22(21)24-7)23(4,5)6;;;/h11-20H,8-10H2,1-7H3;8-13H,1-7H3;2*1H;/q2*-1;;;+4/p-2. The Morgan fingerprint density at radius 2 is 0.967 bits per heavy atom. The van der Waals surface area contributed by atoms with Crippen molar-refractivity contribution in [1.29, 1.82) is 0 Å². The van der Waals surface area contributed by atoms with E-state index >= 15 is 0 Å². The normalized spacial score (nSPS) is 12.6. The molecule has 0 aromatic heterocycles. The maximum absolute atomic E-state index is 5.95. The molecular formula is C56H64Cl2OZr. The molecule has 1 nitrogen and oxygen atoms in total. The number of hydrogen-bond donors (Lipinski definition) is 0. The number of hydrogen-bond acceptors (Lipinski definition) is 1. The van der Waals surface area contributed by atoms with Crippen molar-refractivity contribution in [2.45, 2.75) is 126 Å². The monoisotopic (exact) mass is 912 g/mol. The minimum Gasteiger partial charge on any atom is -1.00 e. The average Bonchev–Trinajstić information content (AvgIpc) is 3.86. The molecule has 0 radical (unpaired) electrons. The second-order valence-electron chi connectivity index (χ2n) is 20.1. The van der Waals surface area contributed by atoms with Gasteiger partial charge in [-0.3, -0.25) is 0 Å². The van der Waals surface area contributed by atoms with Crippen molar-refractivity contribution >= 4 is 21.5 Å². The molecule has 0 heterocycles. The van der Waals surface area contributed by atoms with Crippen molar-refractivity contribution in [2.24, 2.45) is 0 Å². The fraction of sp³-hybridized carbons (Fsp3) is 0.357. The largest absolute Gasteiger partial charge is 4.00 e. The Morgan fingerprint density at radius 1 is 0.500 bits per heavy atom. The van der Waals surface area contributed by atoms with Crippen LogP contribution in [0.5, 0.6) is 5.75 Å². The van der Waals surface area contributed by atoms with Crippen LogP contribution < -0.4 is 29.6 Å². The van der Waals surface area contributed by atoms with Gasteiger partial charge in [0.15, 0.2) is 0 Å². The first-order chi connectivity index (χ1) is 26.7. The molecule has 0 bridgehead atoms. The average molecular weight is 915 g/mol. The molecule has 0 unspecified atom stereocenters. The van der Waals surface area contributed by atoms with Gasteiger partial charge in [-0.25, -0.2) is 0 Å². The van der Waals surface area contributed by atoms with Gasteiger partial charge in [0.1, 0.15) is 5.75 Å². The van der Waals surface area contributed by atoms with Gasteiger partial charge in [-0.15, -0.1) is 50.9 Å². The van der Waals surface area contributed by atoms with Gasteiger partial charge in [-0.2, -0.15) is 12.1 Å². The summed E-state index contributed by atoms with van der Waals surface area (Å²) in [4.78, 5) is 0. The summed E-state index contributed by atoms with van der Waals surface area (Å²) < 4.78 is 5.95. The van der Waals surface area contributed by atoms with E-state index in [1.807, 2.05) is 0 Å². The number of aryl methyl sites for hydroxylation is 4. The molecular weight excluding hydrogens is 851 g/mol. The maximum atomic E-state index is 5.95. The summed E-state index contributed by atoms with van der Waals surface area (Å²) in [5.41, 5.74) is 20.9. The third kappa shape index (κ3) is 9.78. The molecule has 8 rings (SSSR count). The molecule has 0 saturated heterocycles. The summed E-state index contributed by atoms with van der Waals surface area (Å²) in [6, 6.07) is 37.2. The second kappa shape index (κ2) is 18.5. The molecule has 0 fully saturated rings. The maximum Gasteiger partial charge on any atom is 4.00 e. The van der Waals surface area contributed by atoms with Gasteiger partial charge in [-0.1, -0.05) is 182 Å². The Hall–Kier alpha value is -3.42. The first-order valence-electron chi connectivity index (χ1n) is 21.1. The number of ether oxygens (including phenoxy) is 1. The Morgan fingerprint density at radius 3 is 1.45 bits per heavy atom. The van der Waals surface area contributed by atoms with E-state index in [1.165, 1.54) is 113 Å². The molecule has 1 aliphatic carbocycles. The van der Waals surface area contributed by atoms with Gasteiger partial charge in [0.25, 0.3) is 0 Å². The molecule has 1 aliphatic rings. The van der Waals surface area contributed by atoms with Crippen molar-refractivity contribution in [3.8, 4) is 39.1 Å². The fourth-order valence-electron chi connectivity index (χ4n) is 9.28. The molecule has 0 aliphatic heterocycles. The van der Waals surface area contributed by atoms with E-state index in [-0.39, 0.29) is 67.3 Å². The summed E-state index contributed by atoms with van der Waals surface area (Å²) in [5.74, 6) is 1.01. The third-order valence-corrected chi connectivity index (χ3v) is 12.1. The Balaban J connectivity index is 0.000000264. The molecule has 0 amide bonds. The number of fused-ring (bicyclic) bond motifs is 3. The summed E-state index contributed by atoms with van der Waals surface area (Å²) in [5, 5.41) is 5.42. The molecule has 60 heavy (non-hydrogen) atoms. The van der Waals surface area contributed by atoms with Crippen LogP contribution in [0, 0.1) is 27.7 Å². The van der Waals surface area contributed by atoms with E-state index in [0.717, 1.165) is 5.75 Å². The van der Waals surface area contributed by atoms with Gasteiger partial charge < -0.3 is 29.6 Å². The van der Waals surface area contributed by atoms with E-state index in [2.05, 4.69) is 187 Å². The smallest absolute Gasteiger partial charge is 1.00 e. The topological polar surface area (TPSA) is 9.23 Å². The van der Waals surface area contributed by atoms with Crippen molar-refractivity contribution in [2.75, 3.05) is 7.11 Å². The van der Waals surface area contributed by atoms with Crippen LogP contribution >= 0.6 is 0 Å². The second-order valence-corrected chi connectivity index (χ2v) is 20.1. The van der Waals surface area contributed by atoms with Crippen LogP contribution in [0.15, 0.2) is 97.1 Å². The Kier molecular flexibility index (Phi) is 15.2. The molecule has 0 atom stereocenters. The zero-order valence-electron chi connectivity index (χ0n) is 38.5. The molecule has 0 spiro atoms. The van der Waals surface area contributed by atoms with Gasteiger partial charge >= 0.3 is 26.2 Å². The third-order valence-electron chi connectivity index (χ3n) is 12.1. The molecule has 7 aromatic rings. The van der Waals surface area contributed by atoms with Crippen LogP contribution in [0.1, 0.15) is 119 Å². The van der Waals surface area contributed by atoms with Gasteiger partial charge in [0, 0.05) is 0 Å². The molecule has 4 heteroatoms. The zero-order valence-corrected chi connectivity index (χ0v) is 42.5. The van der Waals surface area contributed by atoms with Crippen LogP contribution in [0.4, 0.5) is 0 Å². The SMILES string of the molecule is COc1c(C(C)(C)C)cc2[cH-]c(C)cc2c1-c1cc(C)cc(C)c1.Cc1cc2c(-c3ccc(C(C)(C)C)cc3)c3c(c(-c4ccc(C(C)(C)C)cc4)c2[cH-]1)CCC3.[Cl-].[Cl-].[Zr+4]. The fourth-order valence-corrected chi connectivity index (χ4v) is 9.28. The van der Waals surface area contributed by atoms with Crippen LogP contribution in [-0.2, 0) is 55.3 Å². The number of rotatable bonds is 4. The first kappa shape index (κ1) is 49.2. The van der Waals surface area contributed by atoms with E-state index in [0.29, 0.717) is 0 Å². The van der Waals surface area contributed by atoms with Gasteiger partial charge in [0.2, 0.25) is 0 Å². The molecule has 0 N–H and O–H groups in total. The predicted molar refractivity (Wildman–Crippen MR) is 249 cm³/mol. The number of halogens is 2. The van der Waals surface area contributed by atoms with E-state index < -0.39 is 0 Å². The summed E-state index contributed by atoms with van der Waals surface area (Å²) in [7, 11) is 1.79. The summed E-state index contributed by atoms with van der Waals surface area (Å²) >= 11 is 0. The molecule has 0 saturated carbocycles. The summed E-state index contributed by atoms with van der Waals surface area (Å²) in [6.07, 6.45) is 3.61. The van der Waals surface area contributed by atoms with Crippen LogP contribution in [-0.4, -0.2) is 7.11 Å². The van der Waals surface area contributed by atoms with Crippen LogP contribution in [0.2, 0.25) is 0 Å². The van der Waals surface area contributed by atoms with Crippen LogP contribution in [0.3, 0.4) is 0 Å². The van der Waals surface area contributed by atoms with E-state index in [1.54, 1.807) is 18.2 Å². The number of methoxy groups -OCH3 is 1. The molecule has 312 valence electrons. The zero-order chi connectivity index (χ0) is 41.2. The predicted octanol–water partition coefficient (Wildman–Crippen LogP) is 9.75. The summed E-state index contributed by atoms with van der Waals surface area (Å²) in [6.45, 7) is 29.2. The first-order valence-corrected chi connectivity index (χ1v) is 21.1. The number of benzene rings is 5. The van der Waals surface area contributed by atoms with E-state index in [9.17, 15) is 0 Å². The minimum absolute atomic E-state index is 0. The Labute approximate surface area is 393 Å². The van der Waals surface area contributed by atoms with Crippen molar-refractivity contribution < 1.29 is 55.8 Å². The quantitative estimate of drug-likeness (QED) is 0.160. The van der Waals surface area contributed by atoms with Crippen LogP contribution in [0.25, 0.3) is 54.9 Å². The Bertz CT molecular complexity index is 2470. The van der Waals surface area contributed by atoms with Crippen molar-refractivity contribution in [3.05, 3.63) is 147 Å². The minimum atomic E-state index is 0. The van der Waals surface area contributed by atoms with E-state index in [4.69, 9.17) is 4.74 Å². The van der Waals surface area contributed by atoms with Gasteiger partial charge in [-0.05, 0) is 82.7 Å². The molecule has 7 aromatic carbocycles. The van der Waals surface area contributed by atoms with Gasteiger partial charge in [0.05, 0.1) is 7.11 Å².